The lowest BCUT2D eigenvalue weighted by molar-refractivity contribution is 0.0355. The average molecular weight is 369 g/mol. The second-order valence-corrected chi connectivity index (χ2v) is 7.28. The Morgan fingerprint density at radius 2 is 1.89 bits per heavy atom. The Hall–Kier alpha value is -2.31. The third kappa shape index (κ3) is 4.70. The van der Waals surface area contributed by atoms with E-state index in [1.54, 1.807) is 6.26 Å². The van der Waals surface area contributed by atoms with Gasteiger partial charge in [-0.1, -0.05) is 0 Å². The number of nitrogens with one attached hydrogen (secondary N) is 1. The van der Waals surface area contributed by atoms with Gasteiger partial charge in [-0.3, -0.25) is 0 Å². The predicted molar refractivity (Wildman–Crippen MR) is 105 cm³/mol. The van der Waals surface area contributed by atoms with Crippen molar-refractivity contribution >= 4 is 11.7 Å². The lowest BCUT2D eigenvalue weighted by atomic mass is 10.1. The average Bonchev–Trinajstić information content (AvgIpc) is 3.34. The van der Waals surface area contributed by atoms with Crippen LogP contribution in [0.4, 0.5) is 10.5 Å². The van der Waals surface area contributed by atoms with Gasteiger partial charge in [-0.05, 0) is 68.8 Å². The van der Waals surface area contributed by atoms with E-state index in [2.05, 4.69) is 10.2 Å². The summed E-state index contributed by atoms with van der Waals surface area (Å²) in [5.41, 5.74) is 1.78. The van der Waals surface area contributed by atoms with Gasteiger partial charge in [0.15, 0.2) is 0 Å². The van der Waals surface area contributed by atoms with Gasteiger partial charge in [0.05, 0.1) is 12.4 Å². The number of amides is 2. The molecule has 2 aliphatic rings. The first-order valence-electron chi connectivity index (χ1n) is 9.82. The van der Waals surface area contributed by atoms with Crippen LogP contribution in [0.25, 0.3) is 11.3 Å². The van der Waals surface area contributed by atoms with E-state index in [9.17, 15) is 4.79 Å². The molecule has 0 bridgehead atoms. The molecule has 3 heterocycles. The molecular formula is C21H27N3O3. The Labute approximate surface area is 160 Å². The third-order valence-electron chi connectivity index (χ3n) is 5.24. The molecule has 1 N–H and O–H groups in total. The largest absolute Gasteiger partial charge is 0.464 e. The standard InChI is InChI=1S/C21H27N3O3/c25-21(22-18-8-6-17(7-9-18)20-5-3-13-27-20)24-12-4-14-26-19(16-24)15-23-10-1-2-11-23/h3,5-9,13,19H,1-2,4,10-12,14-16H2,(H,22,25)/t19-/m1/s1. The molecular weight excluding hydrogens is 342 g/mol. The highest BCUT2D eigenvalue weighted by atomic mass is 16.5. The maximum atomic E-state index is 12.7. The van der Waals surface area contributed by atoms with Crippen LogP contribution in [0.5, 0.6) is 0 Å². The first-order chi connectivity index (χ1) is 13.3. The molecule has 0 unspecified atom stereocenters. The van der Waals surface area contributed by atoms with Crippen molar-refractivity contribution in [2.24, 2.45) is 0 Å². The van der Waals surface area contributed by atoms with Crippen LogP contribution in [0.3, 0.4) is 0 Å². The van der Waals surface area contributed by atoms with E-state index in [1.165, 1.54) is 12.8 Å². The number of ether oxygens (including phenoxy) is 1. The van der Waals surface area contributed by atoms with Crippen LogP contribution in [-0.4, -0.2) is 61.3 Å². The van der Waals surface area contributed by atoms with Crippen LogP contribution in [-0.2, 0) is 4.74 Å². The van der Waals surface area contributed by atoms with E-state index < -0.39 is 0 Å². The molecule has 1 aromatic heterocycles. The fourth-order valence-corrected chi connectivity index (χ4v) is 3.81. The molecule has 2 fully saturated rings. The van der Waals surface area contributed by atoms with Crippen LogP contribution < -0.4 is 5.32 Å². The van der Waals surface area contributed by atoms with Crippen LogP contribution in [0, 0.1) is 0 Å². The molecule has 6 heteroatoms. The summed E-state index contributed by atoms with van der Waals surface area (Å²) in [6, 6.07) is 11.5. The molecule has 2 amide bonds. The molecule has 1 atom stereocenters. The summed E-state index contributed by atoms with van der Waals surface area (Å²) in [6.07, 6.45) is 5.17. The van der Waals surface area contributed by atoms with Crippen LogP contribution in [0.15, 0.2) is 47.1 Å². The van der Waals surface area contributed by atoms with Gasteiger partial charge in [-0.25, -0.2) is 4.79 Å². The van der Waals surface area contributed by atoms with Crippen molar-refractivity contribution in [1.82, 2.24) is 9.80 Å². The van der Waals surface area contributed by atoms with Crippen molar-refractivity contribution in [3.05, 3.63) is 42.7 Å². The van der Waals surface area contributed by atoms with E-state index in [4.69, 9.17) is 9.15 Å². The van der Waals surface area contributed by atoms with E-state index in [0.29, 0.717) is 6.54 Å². The van der Waals surface area contributed by atoms with Gasteiger partial charge in [0.25, 0.3) is 0 Å². The summed E-state index contributed by atoms with van der Waals surface area (Å²) in [7, 11) is 0. The van der Waals surface area contributed by atoms with Crippen molar-refractivity contribution in [1.29, 1.82) is 0 Å². The Bertz CT molecular complexity index is 724. The van der Waals surface area contributed by atoms with Gasteiger partial charge in [-0.2, -0.15) is 0 Å². The summed E-state index contributed by atoms with van der Waals surface area (Å²) in [4.78, 5) is 17.1. The van der Waals surface area contributed by atoms with E-state index in [-0.39, 0.29) is 12.1 Å². The highest BCUT2D eigenvalue weighted by molar-refractivity contribution is 5.89. The van der Waals surface area contributed by atoms with Gasteiger partial charge in [-0.15, -0.1) is 0 Å². The van der Waals surface area contributed by atoms with Crippen molar-refractivity contribution in [2.45, 2.75) is 25.4 Å². The quantitative estimate of drug-likeness (QED) is 0.893. The summed E-state index contributed by atoms with van der Waals surface area (Å²) in [5, 5.41) is 3.01. The summed E-state index contributed by atoms with van der Waals surface area (Å²) in [6.45, 7) is 5.31. The van der Waals surface area contributed by atoms with Gasteiger partial charge in [0.1, 0.15) is 5.76 Å². The van der Waals surface area contributed by atoms with Crippen molar-refractivity contribution < 1.29 is 13.9 Å². The fraction of sp³-hybridized carbons (Fsp3) is 0.476. The van der Waals surface area contributed by atoms with Crippen LogP contribution in [0.2, 0.25) is 0 Å². The number of carbonyl (C=O) groups excluding carboxylic acids is 1. The second kappa shape index (κ2) is 8.59. The number of hydrogen-bond acceptors (Lipinski definition) is 4. The van der Waals surface area contributed by atoms with Crippen molar-refractivity contribution in [3.63, 3.8) is 0 Å². The number of hydrogen-bond donors (Lipinski definition) is 1. The molecule has 0 aliphatic carbocycles. The first-order valence-corrected chi connectivity index (χ1v) is 9.82. The minimum Gasteiger partial charge on any atom is -0.464 e. The molecule has 1 aromatic carbocycles. The molecule has 144 valence electrons. The Kier molecular flexibility index (Phi) is 5.75. The number of rotatable bonds is 4. The molecule has 0 saturated carbocycles. The zero-order chi connectivity index (χ0) is 18.5. The molecule has 27 heavy (non-hydrogen) atoms. The van der Waals surface area contributed by atoms with Gasteiger partial charge < -0.3 is 24.3 Å². The lowest BCUT2D eigenvalue weighted by Gasteiger charge is -2.27. The highest BCUT2D eigenvalue weighted by Crippen LogP contribution is 2.22. The molecule has 6 nitrogen and oxygen atoms in total. The highest BCUT2D eigenvalue weighted by Gasteiger charge is 2.25. The maximum Gasteiger partial charge on any atom is 0.321 e. The number of likely N-dealkylation sites (tertiary alicyclic amines) is 1. The summed E-state index contributed by atoms with van der Waals surface area (Å²) in [5.74, 6) is 0.822. The number of nitrogens with zero attached hydrogens (tertiary/aromatic N) is 2. The Morgan fingerprint density at radius 1 is 1.07 bits per heavy atom. The first kappa shape index (κ1) is 18.1. The molecule has 2 aromatic rings. The SMILES string of the molecule is O=C(Nc1ccc(-c2ccco2)cc1)N1CCCO[C@H](CN2CCCC2)C1. The molecule has 0 radical (unpaired) electrons. The summed E-state index contributed by atoms with van der Waals surface area (Å²) >= 11 is 0. The topological polar surface area (TPSA) is 58.0 Å². The van der Waals surface area contributed by atoms with E-state index >= 15 is 0 Å². The molecule has 0 spiro atoms. The van der Waals surface area contributed by atoms with Gasteiger partial charge in [0.2, 0.25) is 0 Å². The second-order valence-electron chi connectivity index (χ2n) is 7.28. The van der Waals surface area contributed by atoms with Gasteiger partial charge in [0, 0.05) is 37.5 Å². The Morgan fingerprint density at radius 3 is 2.63 bits per heavy atom. The van der Waals surface area contributed by atoms with Crippen molar-refractivity contribution in [3.8, 4) is 11.3 Å². The maximum absolute atomic E-state index is 12.7. The number of furan rings is 1. The molecule has 4 rings (SSSR count). The van der Waals surface area contributed by atoms with Crippen molar-refractivity contribution in [2.75, 3.05) is 44.6 Å². The minimum absolute atomic E-state index is 0.0577. The zero-order valence-electron chi connectivity index (χ0n) is 15.6. The molecule has 2 saturated heterocycles. The molecule has 2 aliphatic heterocycles. The van der Waals surface area contributed by atoms with Gasteiger partial charge >= 0.3 is 6.03 Å². The number of benzene rings is 1. The normalized spacial score (nSPS) is 21.2. The summed E-state index contributed by atoms with van der Waals surface area (Å²) < 4.78 is 11.4. The lowest BCUT2D eigenvalue weighted by Crippen LogP contribution is -2.43. The zero-order valence-corrected chi connectivity index (χ0v) is 15.6. The minimum atomic E-state index is -0.0577. The number of carbonyl (C=O) groups is 1. The van der Waals surface area contributed by atoms with E-state index in [0.717, 1.165) is 56.2 Å². The number of urea groups is 1. The van der Waals surface area contributed by atoms with E-state index in [1.807, 2.05) is 41.3 Å². The van der Waals surface area contributed by atoms with Crippen LogP contribution >= 0.6 is 0 Å². The Balaban J connectivity index is 1.34. The third-order valence-corrected chi connectivity index (χ3v) is 5.24. The predicted octanol–water partition coefficient (Wildman–Crippen LogP) is 3.67. The monoisotopic (exact) mass is 369 g/mol. The fourth-order valence-electron chi connectivity index (χ4n) is 3.81. The van der Waals surface area contributed by atoms with Crippen LogP contribution in [0.1, 0.15) is 19.3 Å². The smallest absolute Gasteiger partial charge is 0.321 e. The number of anilines is 1.